The molecule has 3 rings (SSSR count). The Bertz CT molecular complexity index is 948. The Hall–Kier alpha value is -2.14. The molecule has 0 atom stereocenters. The lowest BCUT2D eigenvalue weighted by Crippen LogP contribution is -2.37. The molecule has 2 aromatic carbocycles. The minimum atomic E-state index is -0.216. The van der Waals surface area contributed by atoms with Gasteiger partial charge in [-0.25, -0.2) is 9.38 Å². The van der Waals surface area contributed by atoms with Crippen LogP contribution in [-0.2, 0) is 18.8 Å². The standard InChI is InChI=1S/C21H25FN6S.HI/c1-3-23-21(24-12-16-9-10-18(22)11-17(16)14-29-2)25-13-20-27-26-15-28(20)19-7-5-4-6-8-19;/h4-11,15H,3,12-14H2,1-2H3,(H2,23,24,25);1H. The monoisotopic (exact) mass is 540 g/mol. The van der Waals surface area contributed by atoms with Crippen molar-refractivity contribution < 1.29 is 4.39 Å². The van der Waals surface area contributed by atoms with Crippen LogP contribution in [0.15, 0.2) is 59.9 Å². The topological polar surface area (TPSA) is 67.1 Å². The number of halogens is 2. The molecule has 6 nitrogen and oxygen atoms in total. The summed E-state index contributed by atoms with van der Waals surface area (Å²) in [6.07, 6.45) is 3.70. The summed E-state index contributed by atoms with van der Waals surface area (Å²) in [7, 11) is 0. The third kappa shape index (κ3) is 6.69. The first kappa shape index (κ1) is 24.1. The van der Waals surface area contributed by atoms with E-state index in [1.807, 2.05) is 48.1 Å². The third-order valence-corrected chi connectivity index (χ3v) is 4.89. The number of benzene rings is 2. The van der Waals surface area contributed by atoms with Crippen molar-refractivity contribution in [3.8, 4) is 5.69 Å². The molecule has 0 radical (unpaired) electrons. The maximum absolute atomic E-state index is 13.6. The van der Waals surface area contributed by atoms with Gasteiger partial charge in [0.05, 0.1) is 13.1 Å². The lowest BCUT2D eigenvalue weighted by molar-refractivity contribution is 0.625. The molecule has 1 aromatic heterocycles. The number of para-hydroxylation sites is 1. The van der Waals surface area contributed by atoms with Crippen molar-refractivity contribution in [2.75, 3.05) is 12.8 Å². The zero-order chi connectivity index (χ0) is 20.5. The van der Waals surface area contributed by atoms with E-state index in [9.17, 15) is 4.39 Å². The second-order valence-corrected chi connectivity index (χ2v) is 7.21. The van der Waals surface area contributed by atoms with Gasteiger partial charge < -0.3 is 10.6 Å². The summed E-state index contributed by atoms with van der Waals surface area (Å²) in [6, 6.07) is 14.8. The lowest BCUT2D eigenvalue weighted by Gasteiger charge is -2.13. The first-order chi connectivity index (χ1) is 14.2. The van der Waals surface area contributed by atoms with E-state index in [0.29, 0.717) is 19.0 Å². The molecule has 0 saturated heterocycles. The van der Waals surface area contributed by atoms with Gasteiger partial charge in [0, 0.05) is 18.0 Å². The van der Waals surface area contributed by atoms with Crippen LogP contribution in [0.1, 0.15) is 23.9 Å². The van der Waals surface area contributed by atoms with Gasteiger partial charge in [0.25, 0.3) is 0 Å². The van der Waals surface area contributed by atoms with E-state index < -0.39 is 0 Å². The maximum atomic E-state index is 13.6. The summed E-state index contributed by atoms with van der Waals surface area (Å²) < 4.78 is 15.5. The van der Waals surface area contributed by atoms with Crippen LogP contribution >= 0.6 is 35.7 Å². The van der Waals surface area contributed by atoms with E-state index >= 15 is 0 Å². The average molecular weight is 540 g/mol. The summed E-state index contributed by atoms with van der Waals surface area (Å²) in [5.41, 5.74) is 3.00. The molecule has 0 saturated carbocycles. The molecule has 0 aliphatic carbocycles. The molecule has 160 valence electrons. The molecule has 0 fully saturated rings. The number of nitrogens with zero attached hydrogens (tertiary/aromatic N) is 4. The normalized spacial score (nSPS) is 11.1. The van der Waals surface area contributed by atoms with Crippen LogP contribution in [0, 0.1) is 5.82 Å². The van der Waals surface area contributed by atoms with E-state index in [-0.39, 0.29) is 29.8 Å². The van der Waals surface area contributed by atoms with Crippen LogP contribution in [-0.4, -0.2) is 33.5 Å². The number of guanidine groups is 1. The van der Waals surface area contributed by atoms with Crippen molar-refractivity contribution >= 4 is 41.7 Å². The minimum Gasteiger partial charge on any atom is -0.357 e. The molecule has 0 aliphatic heterocycles. The highest BCUT2D eigenvalue weighted by molar-refractivity contribution is 14.0. The van der Waals surface area contributed by atoms with Crippen LogP contribution in [0.25, 0.3) is 5.69 Å². The highest BCUT2D eigenvalue weighted by Crippen LogP contribution is 2.17. The Balaban J connectivity index is 0.00000320. The van der Waals surface area contributed by atoms with Crippen molar-refractivity contribution in [3.05, 3.63) is 77.6 Å². The summed E-state index contributed by atoms with van der Waals surface area (Å²) in [6.45, 7) is 3.69. The zero-order valence-corrected chi connectivity index (χ0v) is 20.2. The van der Waals surface area contributed by atoms with Crippen molar-refractivity contribution in [1.82, 2.24) is 25.4 Å². The fourth-order valence-corrected chi connectivity index (χ4v) is 3.47. The first-order valence-electron chi connectivity index (χ1n) is 9.44. The van der Waals surface area contributed by atoms with Gasteiger partial charge in [0.2, 0.25) is 0 Å². The van der Waals surface area contributed by atoms with Gasteiger partial charge in [0.1, 0.15) is 12.1 Å². The van der Waals surface area contributed by atoms with Gasteiger partial charge in [0.15, 0.2) is 11.8 Å². The van der Waals surface area contributed by atoms with E-state index in [4.69, 9.17) is 0 Å². The second-order valence-electron chi connectivity index (χ2n) is 6.35. The Morgan fingerprint density at radius 1 is 1.13 bits per heavy atom. The fraction of sp³-hybridized carbons (Fsp3) is 0.286. The van der Waals surface area contributed by atoms with Gasteiger partial charge in [-0.1, -0.05) is 24.3 Å². The molecule has 1 heterocycles. The molecule has 0 amide bonds. The molecular weight excluding hydrogens is 514 g/mol. The first-order valence-corrected chi connectivity index (χ1v) is 10.8. The quantitative estimate of drug-likeness (QED) is 0.256. The number of nitrogens with one attached hydrogen (secondary N) is 2. The highest BCUT2D eigenvalue weighted by Gasteiger charge is 2.08. The van der Waals surface area contributed by atoms with E-state index in [1.165, 1.54) is 6.07 Å². The Labute approximate surface area is 197 Å². The van der Waals surface area contributed by atoms with Gasteiger partial charge in [-0.2, -0.15) is 11.8 Å². The van der Waals surface area contributed by atoms with Crippen LogP contribution in [0.3, 0.4) is 0 Å². The van der Waals surface area contributed by atoms with Gasteiger partial charge in [-0.05, 0) is 48.6 Å². The van der Waals surface area contributed by atoms with Crippen molar-refractivity contribution in [1.29, 1.82) is 0 Å². The van der Waals surface area contributed by atoms with E-state index in [2.05, 4.69) is 25.8 Å². The molecule has 2 N–H and O–H groups in total. The van der Waals surface area contributed by atoms with Crippen molar-refractivity contribution in [2.24, 2.45) is 4.99 Å². The second kappa shape index (κ2) is 12.5. The summed E-state index contributed by atoms with van der Waals surface area (Å²) in [5, 5.41) is 14.8. The minimum absolute atomic E-state index is 0. The molecule has 3 aromatic rings. The number of thioether (sulfide) groups is 1. The molecule has 9 heteroatoms. The zero-order valence-electron chi connectivity index (χ0n) is 17.0. The SMILES string of the molecule is CCNC(=NCc1ccc(F)cc1CSC)NCc1nncn1-c1ccccc1.I. The van der Waals surface area contributed by atoms with Gasteiger partial charge in [-0.15, -0.1) is 34.2 Å². The van der Waals surface area contributed by atoms with Crippen molar-refractivity contribution in [3.63, 3.8) is 0 Å². The highest BCUT2D eigenvalue weighted by atomic mass is 127. The largest absolute Gasteiger partial charge is 0.357 e. The predicted octanol–water partition coefficient (Wildman–Crippen LogP) is 4.14. The number of hydrogen-bond acceptors (Lipinski definition) is 4. The Kier molecular flexibility index (Phi) is 10.1. The van der Waals surface area contributed by atoms with Crippen LogP contribution < -0.4 is 10.6 Å². The lowest BCUT2D eigenvalue weighted by atomic mass is 10.1. The summed E-state index contributed by atoms with van der Waals surface area (Å²) in [5.74, 6) is 2.00. The molecular formula is C21H26FIN6S. The Morgan fingerprint density at radius 3 is 2.67 bits per heavy atom. The summed E-state index contributed by atoms with van der Waals surface area (Å²) >= 11 is 1.67. The summed E-state index contributed by atoms with van der Waals surface area (Å²) in [4.78, 5) is 4.66. The average Bonchev–Trinajstić information content (AvgIpc) is 3.21. The van der Waals surface area contributed by atoms with Crippen LogP contribution in [0.2, 0.25) is 0 Å². The van der Waals surface area contributed by atoms with E-state index in [1.54, 1.807) is 30.2 Å². The van der Waals surface area contributed by atoms with E-state index in [0.717, 1.165) is 34.9 Å². The molecule has 0 bridgehead atoms. The number of rotatable bonds is 8. The third-order valence-electron chi connectivity index (χ3n) is 4.29. The van der Waals surface area contributed by atoms with Gasteiger partial charge >= 0.3 is 0 Å². The number of aromatic nitrogens is 3. The number of aliphatic imine (C=N–C) groups is 1. The number of hydrogen-bond donors (Lipinski definition) is 2. The van der Waals surface area contributed by atoms with Crippen LogP contribution in [0.4, 0.5) is 4.39 Å². The maximum Gasteiger partial charge on any atom is 0.191 e. The Morgan fingerprint density at radius 2 is 1.93 bits per heavy atom. The van der Waals surface area contributed by atoms with Crippen molar-refractivity contribution in [2.45, 2.75) is 25.8 Å². The van der Waals surface area contributed by atoms with Crippen LogP contribution in [0.5, 0.6) is 0 Å². The smallest absolute Gasteiger partial charge is 0.191 e. The molecule has 30 heavy (non-hydrogen) atoms. The van der Waals surface area contributed by atoms with Gasteiger partial charge in [-0.3, -0.25) is 4.57 Å². The molecule has 0 unspecified atom stereocenters. The fourth-order valence-electron chi connectivity index (χ4n) is 2.89. The predicted molar refractivity (Wildman–Crippen MR) is 132 cm³/mol. The molecule has 0 spiro atoms. The molecule has 0 aliphatic rings.